The predicted molar refractivity (Wildman–Crippen MR) is 47.0 cm³/mol. The summed E-state index contributed by atoms with van der Waals surface area (Å²) in [4.78, 5) is 15.2. The fourth-order valence-corrected chi connectivity index (χ4v) is 1.02. The number of ether oxygens (including phenoxy) is 1. The van der Waals surface area contributed by atoms with E-state index in [1.807, 2.05) is 20.8 Å². The summed E-state index contributed by atoms with van der Waals surface area (Å²) < 4.78 is 4.90. The molecule has 66 valence electrons. The van der Waals surface area contributed by atoms with Crippen molar-refractivity contribution in [1.29, 1.82) is 0 Å². The number of rotatable bonds is 2. The van der Waals surface area contributed by atoms with E-state index in [-0.39, 0.29) is 17.9 Å². The molecule has 0 aromatic carbocycles. The highest BCUT2D eigenvalue weighted by atomic mass is 16.6. The lowest BCUT2D eigenvalue weighted by atomic mass is 10.1. The van der Waals surface area contributed by atoms with Crippen LogP contribution in [0.1, 0.15) is 20.8 Å². The lowest BCUT2D eigenvalue weighted by molar-refractivity contribution is -0.135. The maximum absolute atomic E-state index is 11.1. The van der Waals surface area contributed by atoms with Gasteiger partial charge in [0.05, 0.1) is 0 Å². The van der Waals surface area contributed by atoms with Gasteiger partial charge in [0.1, 0.15) is 0 Å². The molecule has 0 N–H and O–H groups in total. The number of hydrogen-bond acceptors (Lipinski definition) is 3. The van der Waals surface area contributed by atoms with Crippen LogP contribution >= 0.6 is 0 Å². The average Bonchev–Trinajstić information content (AvgIpc) is 2.32. The summed E-state index contributed by atoms with van der Waals surface area (Å²) in [5.74, 6) is 0.402. The van der Waals surface area contributed by atoms with Gasteiger partial charge in [0.25, 0.3) is 0 Å². The molecule has 1 aliphatic rings. The van der Waals surface area contributed by atoms with E-state index >= 15 is 0 Å². The Bertz CT molecular complexity index is 241. The summed E-state index contributed by atoms with van der Waals surface area (Å²) in [6.45, 7) is 5.76. The van der Waals surface area contributed by atoms with Crippen LogP contribution in [0.3, 0.4) is 0 Å². The number of carbonyl (C=O) groups is 1. The molecule has 3 nitrogen and oxygen atoms in total. The van der Waals surface area contributed by atoms with Crippen LogP contribution in [0.5, 0.6) is 0 Å². The summed E-state index contributed by atoms with van der Waals surface area (Å²) in [6.07, 6.45) is 3.50. The minimum absolute atomic E-state index is 0.209. The molecular weight excluding hydrogens is 154 g/mol. The van der Waals surface area contributed by atoms with Crippen LogP contribution < -0.4 is 0 Å². The molecule has 0 fully saturated rings. The molecule has 1 aliphatic heterocycles. The first kappa shape index (κ1) is 8.97. The van der Waals surface area contributed by atoms with Crippen molar-refractivity contribution in [3.8, 4) is 0 Å². The Labute approximate surface area is 72.1 Å². The van der Waals surface area contributed by atoms with Crippen LogP contribution in [0.4, 0.5) is 0 Å². The molecule has 1 unspecified atom stereocenters. The monoisotopic (exact) mass is 167 g/mol. The molecule has 1 atom stereocenters. The topological polar surface area (TPSA) is 38.7 Å². The van der Waals surface area contributed by atoms with Crippen molar-refractivity contribution >= 4 is 11.9 Å². The molecule has 0 spiro atoms. The zero-order valence-corrected chi connectivity index (χ0v) is 7.57. The maximum atomic E-state index is 11.1. The third-order valence-corrected chi connectivity index (χ3v) is 1.65. The zero-order chi connectivity index (χ0) is 9.14. The molecule has 0 bridgehead atoms. The van der Waals surface area contributed by atoms with Gasteiger partial charge in [-0.3, -0.25) is 0 Å². The normalized spacial score (nSPS) is 23.5. The lowest BCUT2D eigenvalue weighted by Crippen LogP contribution is -2.20. The van der Waals surface area contributed by atoms with E-state index in [1.54, 1.807) is 12.2 Å². The van der Waals surface area contributed by atoms with E-state index in [9.17, 15) is 4.79 Å². The van der Waals surface area contributed by atoms with Crippen LogP contribution in [-0.2, 0) is 9.53 Å². The van der Waals surface area contributed by atoms with Gasteiger partial charge in [-0.15, -0.1) is 0 Å². The Morgan fingerprint density at radius 2 is 2.25 bits per heavy atom. The number of esters is 1. The smallest absolute Gasteiger partial charge is 0.337 e. The number of nitrogens with zero attached hydrogens (tertiary/aromatic N) is 1. The maximum Gasteiger partial charge on any atom is 0.337 e. The van der Waals surface area contributed by atoms with Crippen molar-refractivity contribution in [2.75, 3.05) is 0 Å². The summed E-state index contributed by atoms with van der Waals surface area (Å²) >= 11 is 0. The van der Waals surface area contributed by atoms with Gasteiger partial charge in [0, 0.05) is 0 Å². The van der Waals surface area contributed by atoms with E-state index in [2.05, 4.69) is 4.99 Å². The molecule has 0 aromatic rings. The number of carbonyl (C=O) groups excluding carboxylic acids is 1. The van der Waals surface area contributed by atoms with E-state index < -0.39 is 0 Å². The van der Waals surface area contributed by atoms with Gasteiger partial charge in [-0.25, -0.2) is 9.79 Å². The van der Waals surface area contributed by atoms with Crippen LogP contribution in [0.15, 0.2) is 17.1 Å². The fourth-order valence-electron chi connectivity index (χ4n) is 1.02. The number of aliphatic imine (C=N–C) groups is 1. The molecule has 0 amide bonds. The summed E-state index contributed by atoms with van der Waals surface area (Å²) in [7, 11) is 0. The number of hydrogen-bond donors (Lipinski definition) is 0. The second-order valence-corrected chi connectivity index (χ2v) is 3.08. The molecule has 0 saturated heterocycles. The molecular formula is C9H13NO2. The average molecular weight is 167 g/mol. The SMILES string of the molecule is CC=CC1=NC(C(C)C)C(=O)O1. The summed E-state index contributed by atoms with van der Waals surface area (Å²) in [6, 6.07) is -0.309. The third-order valence-electron chi connectivity index (χ3n) is 1.65. The van der Waals surface area contributed by atoms with Crippen molar-refractivity contribution in [1.82, 2.24) is 0 Å². The minimum Gasteiger partial charge on any atom is -0.406 e. The molecule has 1 rings (SSSR count). The van der Waals surface area contributed by atoms with E-state index in [4.69, 9.17) is 4.74 Å². The third kappa shape index (κ3) is 1.72. The highest BCUT2D eigenvalue weighted by molar-refractivity contribution is 6.02. The fraction of sp³-hybridized carbons (Fsp3) is 0.556. The Kier molecular flexibility index (Phi) is 2.63. The molecule has 0 radical (unpaired) electrons. The van der Waals surface area contributed by atoms with Crippen molar-refractivity contribution in [2.45, 2.75) is 26.8 Å². The second kappa shape index (κ2) is 3.52. The Morgan fingerprint density at radius 3 is 2.67 bits per heavy atom. The zero-order valence-electron chi connectivity index (χ0n) is 7.57. The van der Waals surface area contributed by atoms with Crippen LogP contribution in [0.2, 0.25) is 0 Å². The van der Waals surface area contributed by atoms with Gasteiger partial charge in [-0.2, -0.15) is 0 Å². The minimum atomic E-state index is -0.309. The van der Waals surface area contributed by atoms with E-state index in [0.717, 1.165) is 0 Å². The van der Waals surface area contributed by atoms with Crippen molar-refractivity contribution in [2.24, 2.45) is 10.9 Å². The summed E-state index contributed by atoms with van der Waals surface area (Å²) in [5, 5.41) is 0. The van der Waals surface area contributed by atoms with E-state index in [1.165, 1.54) is 0 Å². The first-order valence-electron chi connectivity index (χ1n) is 4.07. The van der Waals surface area contributed by atoms with Gasteiger partial charge >= 0.3 is 5.97 Å². The standard InChI is InChI=1S/C9H13NO2/c1-4-5-7-10-8(6(2)3)9(11)12-7/h4-6,8H,1-3H3. The Hall–Kier alpha value is -1.12. The van der Waals surface area contributed by atoms with Crippen molar-refractivity contribution < 1.29 is 9.53 Å². The molecule has 12 heavy (non-hydrogen) atoms. The lowest BCUT2D eigenvalue weighted by Gasteiger charge is -2.04. The van der Waals surface area contributed by atoms with Gasteiger partial charge < -0.3 is 4.74 Å². The molecule has 0 saturated carbocycles. The number of cyclic esters (lactones) is 1. The largest absolute Gasteiger partial charge is 0.406 e. The Morgan fingerprint density at radius 1 is 1.58 bits per heavy atom. The van der Waals surface area contributed by atoms with Gasteiger partial charge in [-0.1, -0.05) is 19.9 Å². The first-order valence-corrected chi connectivity index (χ1v) is 4.07. The molecule has 0 aromatic heterocycles. The quantitative estimate of drug-likeness (QED) is 0.585. The van der Waals surface area contributed by atoms with Crippen molar-refractivity contribution in [3.05, 3.63) is 12.2 Å². The van der Waals surface area contributed by atoms with Crippen LogP contribution in [-0.4, -0.2) is 17.9 Å². The van der Waals surface area contributed by atoms with Gasteiger partial charge in [-0.05, 0) is 18.9 Å². The highest BCUT2D eigenvalue weighted by Gasteiger charge is 2.30. The second-order valence-electron chi connectivity index (χ2n) is 3.08. The van der Waals surface area contributed by atoms with E-state index in [0.29, 0.717) is 5.90 Å². The summed E-state index contributed by atoms with van der Waals surface area (Å²) in [5.41, 5.74) is 0. The molecule has 0 aliphatic carbocycles. The number of allylic oxidation sites excluding steroid dienone is 1. The van der Waals surface area contributed by atoms with Crippen molar-refractivity contribution in [3.63, 3.8) is 0 Å². The molecule has 3 heteroatoms. The van der Waals surface area contributed by atoms with Crippen LogP contribution in [0, 0.1) is 5.92 Å². The highest BCUT2D eigenvalue weighted by Crippen LogP contribution is 2.15. The van der Waals surface area contributed by atoms with Crippen LogP contribution in [0.25, 0.3) is 0 Å². The first-order chi connectivity index (χ1) is 5.65. The predicted octanol–water partition coefficient (Wildman–Crippen LogP) is 1.54. The van der Waals surface area contributed by atoms with Gasteiger partial charge in [0.15, 0.2) is 6.04 Å². The molecule has 1 heterocycles. The van der Waals surface area contributed by atoms with Gasteiger partial charge in [0.2, 0.25) is 5.90 Å². The Balaban J connectivity index is 2.73.